The monoisotopic (exact) mass is 353 g/mol. The first-order valence-corrected chi connectivity index (χ1v) is 8.19. The third-order valence-electron chi connectivity index (χ3n) is 3.09. The van der Waals surface area contributed by atoms with Crippen molar-refractivity contribution in [2.75, 3.05) is 12.8 Å². The molecule has 1 N–H and O–H groups in total. The molecule has 0 aliphatic carbocycles. The summed E-state index contributed by atoms with van der Waals surface area (Å²) in [6.07, 6.45) is 0. The van der Waals surface area contributed by atoms with Crippen molar-refractivity contribution in [2.45, 2.75) is 17.9 Å². The van der Waals surface area contributed by atoms with Crippen molar-refractivity contribution in [1.29, 1.82) is 0 Å². The molecule has 0 bridgehead atoms. The second kappa shape index (κ2) is 7.25. The van der Waals surface area contributed by atoms with Crippen LogP contribution in [0.1, 0.15) is 17.2 Å². The minimum Gasteiger partial charge on any atom is -0.312 e. The standard InChI is InChI=1S/C16H17BrFNS/c1-11-6-7-15(18)14(8-11)16(19-2)10-20-13-5-3-4-12(17)9-13/h3-9,16,19H,10H2,1-2H3. The van der Waals surface area contributed by atoms with E-state index >= 15 is 0 Å². The normalized spacial score (nSPS) is 12.4. The molecule has 0 saturated carbocycles. The van der Waals surface area contributed by atoms with E-state index in [0.717, 1.165) is 21.4 Å². The number of rotatable bonds is 5. The molecule has 4 heteroatoms. The molecule has 0 aliphatic heterocycles. The number of hydrogen-bond donors (Lipinski definition) is 1. The molecule has 2 aromatic carbocycles. The zero-order chi connectivity index (χ0) is 14.5. The van der Waals surface area contributed by atoms with Gasteiger partial charge in [0.05, 0.1) is 0 Å². The number of benzene rings is 2. The van der Waals surface area contributed by atoms with Crippen LogP contribution in [0, 0.1) is 12.7 Å². The van der Waals surface area contributed by atoms with Gasteiger partial charge in [-0.2, -0.15) is 0 Å². The SMILES string of the molecule is CNC(CSc1cccc(Br)c1)c1cc(C)ccc1F. The van der Waals surface area contributed by atoms with Crippen LogP contribution in [-0.4, -0.2) is 12.8 Å². The maximum Gasteiger partial charge on any atom is 0.128 e. The van der Waals surface area contributed by atoms with Gasteiger partial charge in [-0.3, -0.25) is 0 Å². The average molecular weight is 354 g/mol. The molecule has 0 aromatic heterocycles. The van der Waals surface area contributed by atoms with E-state index in [0.29, 0.717) is 0 Å². The Morgan fingerprint density at radius 2 is 2.05 bits per heavy atom. The van der Waals surface area contributed by atoms with Crippen molar-refractivity contribution >= 4 is 27.7 Å². The Bertz CT molecular complexity index is 588. The fraction of sp³-hybridized carbons (Fsp3) is 0.250. The highest BCUT2D eigenvalue weighted by atomic mass is 79.9. The van der Waals surface area contributed by atoms with Crippen LogP contribution in [0.15, 0.2) is 51.8 Å². The average Bonchev–Trinajstić information content (AvgIpc) is 2.43. The molecule has 0 spiro atoms. The summed E-state index contributed by atoms with van der Waals surface area (Å²) in [6.45, 7) is 1.98. The molecular formula is C16H17BrFNS. The number of nitrogens with one attached hydrogen (secondary N) is 1. The molecule has 0 saturated heterocycles. The lowest BCUT2D eigenvalue weighted by Gasteiger charge is -2.17. The smallest absolute Gasteiger partial charge is 0.128 e. The van der Waals surface area contributed by atoms with E-state index in [1.54, 1.807) is 23.9 Å². The van der Waals surface area contributed by atoms with Crippen LogP contribution in [0.2, 0.25) is 0 Å². The van der Waals surface area contributed by atoms with E-state index < -0.39 is 0 Å². The third kappa shape index (κ3) is 4.08. The molecule has 20 heavy (non-hydrogen) atoms. The lowest BCUT2D eigenvalue weighted by molar-refractivity contribution is 0.565. The van der Waals surface area contributed by atoms with Gasteiger partial charge in [0, 0.05) is 26.7 Å². The highest BCUT2D eigenvalue weighted by Crippen LogP contribution is 2.28. The Labute approximate surface area is 132 Å². The van der Waals surface area contributed by atoms with Crippen molar-refractivity contribution in [3.8, 4) is 0 Å². The van der Waals surface area contributed by atoms with Crippen molar-refractivity contribution in [1.82, 2.24) is 5.32 Å². The Morgan fingerprint density at radius 1 is 1.25 bits per heavy atom. The molecular weight excluding hydrogens is 337 g/mol. The van der Waals surface area contributed by atoms with Gasteiger partial charge in [-0.15, -0.1) is 11.8 Å². The van der Waals surface area contributed by atoms with Crippen LogP contribution in [-0.2, 0) is 0 Å². The van der Waals surface area contributed by atoms with Gasteiger partial charge in [0.1, 0.15) is 5.82 Å². The summed E-state index contributed by atoms with van der Waals surface area (Å²) in [7, 11) is 1.87. The Balaban J connectivity index is 2.11. The molecule has 1 unspecified atom stereocenters. The van der Waals surface area contributed by atoms with Gasteiger partial charge in [-0.25, -0.2) is 4.39 Å². The van der Waals surface area contributed by atoms with Gasteiger partial charge >= 0.3 is 0 Å². The van der Waals surface area contributed by atoms with Crippen LogP contribution >= 0.6 is 27.7 Å². The topological polar surface area (TPSA) is 12.0 Å². The minimum absolute atomic E-state index is 0.00104. The zero-order valence-electron chi connectivity index (χ0n) is 11.5. The third-order valence-corrected chi connectivity index (χ3v) is 4.67. The van der Waals surface area contributed by atoms with E-state index in [1.165, 1.54) is 4.90 Å². The van der Waals surface area contributed by atoms with Gasteiger partial charge in [0.25, 0.3) is 0 Å². The lowest BCUT2D eigenvalue weighted by Crippen LogP contribution is -2.20. The summed E-state index contributed by atoms with van der Waals surface area (Å²) in [6, 6.07) is 13.4. The Hall–Kier alpha value is -0.840. The van der Waals surface area contributed by atoms with Crippen LogP contribution in [0.25, 0.3) is 0 Å². The summed E-state index contributed by atoms with van der Waals surface area (Å²) in [5, 5.41) is 3.20. The summed E-state index contributed by atoms with van der Waals surface area (Å²) in [5.74, 6) is 0.637. The van der Waals surface area contributed by atoms with E-state index in [2.05, 4.69) is 33.4 Å². The van der Waals surface area contributed by atoms with E-state index in [-0.39, 0.29) is 11.9 Å². The lowest BCUT2D eigenvalue weighted by atomic mass is 10.1. The van der Waals surface area contributed by atoms with E-state index in [4.69, 9.17) is 0 Å². The molecule has 0 heterocycles. The molecule has 1 atom stereocenters. The summed E-state index contributed by atoms with van der Waals surface area (Å²) in [4.78, 5) is 1.17. The van der Waals surface area contributed by atoms with Crippen LogP contribution < -0.4 is 5.32 Å². The van der Waals surface area contributed by atoms with Gasteiger partial charge in [0.2, 0.25) is 0 Å². The second-order valence-corrected chi connectivity index (χ2v) is 6.64. The van der Waals surface area contributed by atoms with E-state index in [9.17, 15) is 4.39 Å². The van der Waals surface area contributed by atoms with Gasteiger partial charge in [0.15, 0.2) is 0 Å². The van der Waals surface area contributed by atoms with Gasteiger partial charge in [-0.05, 0) is 38.2 Å². The van der Waals surface area contributed by atoms with Crippen molar-refractivity contribution in [3.63, 3.8) is 0 Å². The maximum atomic E-state index is 13.9. The van der Waals surface area contributed by atoms with Crippen LogP contribution in [0.3, 0.4) is 0 Å². The van der Waals surface area contributed by atoms with Crippen molar-refractivity contribution in [3.05, 3.63) is 63.9 Å². The molecule has 0 fully saturated rings. The van der Waals surface area contributed by atoms with Gasteiger partial charge < -0.3 is 5.32 Å². The molecule has 0 radical (unpaired) electrons. The quantitative estimate of drug-likeness (QED) is 0.763. The molecule has 2 aromatic rings. The van der Waals surface area contributed by atoms with Crippen molar-refractivity contribution in [2.24, 2.45) is 0 Å². The Morgan fingerprint density at radius 3 is 2.75 bits per heavy atom. The summed E-state index contributed by atoms with van der Waals surface area (Å²) in [5.41, 5.74) is 1.81. The highest BCUT2D eigenvalue weighted by Gasteiger charge is 2.14. The predicted octanol–water partition coefficient (Wildman–Crippen LogP) is 4.95. The highest BCUT2D eigenvalue weighted by molar-refractivity contribution is 9.10. The first-order valence-electron chi connectivity index (χ1n) is 6.42. The predicted molar refractivity (Wildman–Crippen MR) is 87.8 cm³/mol. The fourth-order valence-corrected chi connectivity index (χ4v) is 3.64. The Kier molecular flexibility index (Phi) is 5.64. The first-order chi connectivity index (χ1) is 9.60. The first kappa shape index (κ1) is 15.5. The number of aryl methyl sites for hydroxylation is 1. The largest absolute Gasteiger partial charge is 0.312 e. The maximum absolute atomic E-state index is 13.9. The zero-order valence-corrected chi connectivity index (χ0v) is 13.9. The van der Waals surface area contributed by atoms with Gasteiger partial charge in [-0.1, -0.05) is 39.7 Å². The second-order valence-electron chi connectivity index (χ2n) is 4.63. The summed E-state index contributed by atoms with van der Waals surface area (Å²) < 4.78 is 15.0. The van der Waals surface area contributed by atoms with E-state index in [1.807, 2.05) is 32.2 Å². The number of hydrogen-bond acceptors (Lipinski definition) is 2. The molecule has 2 rings (SSSR count). The molecule has 106 valence electrons. The molecule has 1 nitrogen and oxygen atoms in total. The fourth-order valence-electron chi connectivity index (χ4n) is 2.00. The van der Waals surface area contributed by atoms with Crippen LogP contribution in [0.5, 0.6) is 0 Å². The molecule has 0 aliphatic rings. The number of halogens is 2. The number of thioether (sulfide) groups is 1. The molecule has 0 amide bonds. The minimum atomic E-state index is -0.148. The van der Waals surface area contributed by atoms with Crippen molar-refractivity contribution < 1.29 is 4.39 Å². The van der Waals surface area contributed by atoms with Crippen LogP contribution in [0.4, 0.5) is 4.39 Å². The summed E-state index contributed by atoms with van der Waals surface area (Å²) >= 11 is 5.18.